The van der Waals surface area contributed by atoms with Gasteiger partial charge in [-0.3, -0.25) is 4.90 Å². The number of imidazole rings is 1. The number of hydrogen-bond donors (Lipinski definition) is 1. The van der Waals surface area contributed by atoms with Crippen molar-refractivity contribution in [3.63, 3.8) is 0 Å². The van der Waals surface area contributed by atoms with Crippen molar-refractivity contribution >= 4 is 0 Å². The van der Waals surface area contributed by atoms with E-state index in [1.165, 1.54) is 18.5 Å². The molecule has 0 bridgehead atoms. The number of aliphatic hydroxyl groups excluding tert-OH is 1. The Morgan fingerprint density at radius 2 is 2.31 bits per heavy atom. The lowest BCUT2D eigenvalue weighted by atomic mass is 10.3. The molecule has 0 amide bonds. The molecule has 1 heterocycles. The third-order valence-corrected chi connectivity index (χ3v) is 3.03. The average molecular weight is 223 g/mol. The van der Waals surface area contributed by atoms with Gasteiger partial charge in [-0.05, 0) is 25.8 Å². The molecule has 0 radical (unpaired) electrons. The minimum Gasteiger partial charge on any atom is -0.395 e. The molecule has 1 aliphatic rings. The molecule has 90 valence electrons. The molecule has 4 nitrogen and oxygen atoms in total. The monoisotopic (exact) mass is 223 g/mol. The van der Waals surface area contributed by atoms with E-state index < -0.39 is 0 Å². The third kappa shape index (κ3) is 2.83. The molecule has 1 N–H and O–H groups in total. The summed E-state index contributed by atoms with van der Waals surface area (Å²) in [6.45, 7) is 5.10. The minimum absolute atomic E-state index is 0.234. The van der Waals surface area contributed by atoms with Gasteiger partial charge in [0.1, 0.15) is 0 Å². The third-order valence-electron chi connectivity index (χ3n) is 3.03. The SMILES string of the molecule is CCCN(CCO)Cc1cncn1C1CC1. The molecule has 1 aromatic rings. The molecule has 0 aromatic carbocycles. The van der Waals surface area contributed by atoms with Gasteiger partial charge in [-0.2, -0.15) is 0 Å². The van der Waals surface area contributed by atoms with Gasteiger partial charge in [0.15, 0.2) is 0 Å². The van der Waals surface area contributed by atoms with E-state index in [0.29, 0.717) is 6.04 Å². The van der Waals surface area contributed by atoms with E-state index in [9.17, 15) is 0 Å². The Balaban J connectivity index is 1.96. The molecule has 16 heavy (non-hydrogen) atoms. The normalized spacial score (nSPS) is 15.9. The van der Waals surface area contributed by atoms with Gasteiger partial charge in [0.05, 0.1) is 18.6 Å². The molecule has 1 aromatic heterocycles. The van der Waals surface area contributed by atoms with Crippen LogP contribution in [0.4, 0.5) is 0 Å². The lowest BCUT2D eigenvalue weighted by Gasteiger charge is -2.21. The molecule has 2 rings (SSSR count). The van der Waals surface area contributed by atoms with E-state index in [0.717, 1.165) is 26.1 Å². The first-order valence-corrected chi connectivity index (χ1v) is 6.19. The molecule has 0 atom stereocenters. The topological polar surface area (TPSA) is 41.3 Å². The number of nitrogens with zero attached hydrogens (tertiary/aromatic N) is 3. The van der Waals surface area contributed by atoms with Gasteiger partial charge in [-0.15, -0.1) is 0 Å². The highest BCUT2D eigenvalue weighted by Gasteiger charge is 2.25. The van der Waals surface area contributed by atoms with Crippen LogP contribution in [-0.2, 0) is 6.54 Å². The van der Waals surface area contributed by atoms with Crippen LogP contribution in [0.15, 0.2) is 12.5 Å². The zero-order chi connectivity index (χ0) is 11.4. The molecular weight excluding hydrogens is 202 g/mol. The van der Waals surface area contributed by atoms with Crippen molar-refractivity contribution < 1.29 is 5.11 Å². The Kier molecular flexibility index (Phi) is 3.96. The summed E-state index contributed by atoms with van der Waals surface area (Å²) in [5.41, 5.74) is 1.28. The molecule has 1 aliphatic carbocycles. The minimum atomic E-state index is 0.234. The smallest absolute Gasteiger partial charge is 0.0951 e. The Morgan fingerprint density at radius 3 is 2.94 bits per heavy atom. The first-order valence-electron chi connectivity index (χ1n) is 6.19. The molecule has 1 fully saturated rings. The van der Waals surface area contributed by atoms with Crippen LogP contribution < -0.4 is 0 Å². The van der Waals surface area contributed by atoms with Crippen molar-refractivity contribution in [3.05, 3.63) is 18.2 Å². The van der Waals surface area contributed by atoms with Gasteiger partial charge < -0.3 is 9.67 Å². The van der Waals surface area contributed by atoms with Gasteiger partial charge >= 0.3 is 0 Å². The zero-order valence-electron chi connectivity index (χ0n) is 9.97. The highest BCUT2D eigenvalue weighted by Crippen LogP contribution is 2.35. The van der Waals surface area contributed by atoms with Crippen LogP contribution in [0.1, 0.15) is 37.9 Å². The average Bonchev–Trinajstić information content (AvgIpc) is 3.01. The number of aliphatic hydroxyl groups is 1. The molecule has 1 saturated carbocycles. The molecule has 0 unspecified atom stereocenters. The van der Waals surface area contributed by atoms with E-state index >= 15 is 0 Å². The fourth-order valence-electron chi connectivity index (χ4n) is 2.09. The van der Waals surface area contributed by atoms with Gasteiger partial charge in [-0.1, -0.05) is 6.92 Å². The summed E-state index contributed by atoms with van der Waals surface area (Å²) in [4.78, 5) is 6.52. The van der Waals surface area contributed by atoms with Crippen LogP contribution in [0, 0.1) is 0 Å². The van der Waals surface area contributed by atoms with Crippen LogP contribution in [0.5, 0.6) is 0 Å². The lowest BCUT2D eigenvalue weighted by Crippen LogP contribution is -2.28. The largest absolute Gasteiger partial charge is 0.395 e. The first kappa shape index (κ1) is 11.6. The Bertz CT molecular complexity index is 314. The highest BCUT2D eigenvalue weighted by molar-refractivity contribution is 5.03. The van der Waals surface area contributed by atoms with Crippen molar-refractivity contribution in [1.29, 1.82) is 0 Å². The van der Waals surface area contributed by atoms with Crippen molar-refractivity contribution in [2.45, 2.75) is 38.8 Å². The van der Waals surface area contributed by atoms with Crippen molar-refractivity contribution in [2.75, 3.05) is 19.7 Å². The molecule has 0 saturated heterocycles. The van der Waals surface area contributed by atoms with Crippen LogP contribution >= 0.6 is 0 Å². The summed E-state index contributed by atoms with van der Waals surface area (Å²) >= 11 is 0. The Hall–Kier alpha value is -0.870. The van der Waals surface area contributed by atoms with Gasteiger partial charge in [0.2, 0.25) is 0 Å². The first-order chi connectivity index (χ1) is 7.85. The van der Waals surface area contributed by atoms with Crippen molar-refractivity contribution in [3.8, 4) is 0 Å². The summed E-state index contributed by atoms with van der Waals surface area (Å²) in [7, 11) is 0. The van der Waals surface area contributed by atoms with Crippen LogP contribution in [0.2, 0.25) is 0 Å². The molecule has 0 aliphatic heterocycles. The molecule has 0 spiro atoms. The van der Waals surface area contributed by atoms with Crippen LogP contribution in [0.25, 0.3) is 0 Å². The summed E-state index contributed by atoms with van der Waals surface area (Å²) < 4.78 is 2.29. The lowest BCUT2D eigenvalue weighted by molar-refractivity contribution is 0.187. The zero-order valence-corrected chi connectivity index (χ0v) is 9.97. The van der Waals surface area contributed by atoms with Crippen LogP contribution in [-0.4, -0.2) is 39.3 Å². The van der Waals surface area contributed by atoms with E-state index in [2.05, 4.69) is 21.4 Å². The number of rotatable bonds is 7. The predicted molar refractivity (Wildman–Crippen MR) is 63.2 cm³/mol. The Labute approximate surface area is 96.9 Å². The Morgan fingerprint density at radius 1 is 1.50 bits per heavy atom. The number of hydrogen-bond acceptors (Lipinski definition) is 3. The fourth-order valence-corrected chi connectivity index (χ4v) is 2.09. The summed E-state index contributed by atoms with van der Waals surface area (Å²) in [5, 5.41) is 9.02. The van der Waals surface area contributed by atoms with E-state index in [4.69, 9.17) is 5.11 Å². The second-order valence-corrected chi connectivity index (χ2v) is 4.52. The summed E-state index contributed by atoms with van der Waals surface area (Å²) in [5.74, 6) is 0. The maximum Gasteiger partial charge on any atom is 0.0951 e. The highest BCUT2D eigenvalue weighted by atomic mass is 16.3. The van der Waals surface area contributed by atoms with Crippen molar-refractivity contribution in [1.82, 2.24) is 14.5 Å². The van der Waals surface area contributed by atoms with Gasteiger partial charge in [0.25, 0.3) is 0 Å². The number of aromatic nitrogens is 2. The van der Waals surface area contributed by atoms with E-state index in [-0.39, 0.29) is 6.61 Å². The fraction of sp³-hybridized carbons (Fsp3) is 0.750. The quantitative estimate of drug-likeness (QED) is 0.760. The maximum absolute atomic E-state index is 9.02. The second kappa shape index (κ2) is 5.46. The van der Waals surface area contributed by atoms with Crippen molar-refractivity contribution in [2.24, 2.45) is 0 Å². The van der Waals surface area contributed by atoms with E-state index in [1.54, 1.807) is 0 Å². The van der Waals surface area contributed by atoms with Gasteiger partial charge in [0, 0.05) is 25.3 Å². The summed E-state index contributed by atoms with van der Waals surface area (Å²) in [6, 6.07) is 0.690. The van der Waals surface area contributed by atoms with Gasteiger partial charge in [-0.25, -0.2) is 4.98 Å². The van der Waals surface area contributed by atoms with Crippen LogP contribution in [0.3, 0.4) is 0 Å². The second-order valence-electron chi connectivity index (χ2n) is 4.52. The molecular formula is C12H21N3O. The summed E-state index contributed by atoms with van der Waals surface area (Å²) in [6.07, 6.45) is 7.60. The maximum atomic E-state index is 9.02. The molecule has 4 heteroatoms. The predicted octanol–water partition coefficient (Wildman–Crippen LogP) is 1.42. The standard InChI is InChI=1S/C12H21N3O/c1-2-5-14(6-7-16)9-12-8-13-10-15(12)11-3-4-11/h8,10-11,16H,2-7,9H2,1H3. The van der Waals surface area contributed by atoms with E-state index in [1.807, 2.05) is 12.5 Å².